The molecule has 7 heteroatoms. The summed E-state index contributed by atoms with van der Waals surface area (Å²) in [6.07, 6.45) is 0. The van der Waals surface area contributed by atoms with Crippen LogP contribution in [0.1, 0.15) is 20.8 Å². The maximum absolute atomic E-state index is 12.0. The fraction of sp³-hybridized carbons (Fsp3) is 0.889. The van der Waals surface area contributed by atoms with E-state index in [2.05, 4.69) is 0 Å². The van der Waals surface area contributed by atoms with Crippen molar-refractivity contribution in [3.8, 4) is 0 Å². The van der Waals surface area contributed by atoms with E-state index in [1.54, 1.807) is 11.8 Å². The molecule has 1 aliphatic rings. The monoisotopic (exact) mass is 267 g/mol. The first-order chi connectivity index (χ1) is 7.17. The maximum Gasteiger partial charge on any atom is 0.323 e. The summed E-state index contributed by atoms with van der Waals surface area (Å²) in [5, 5.41) is 7.40. The van der Waals surface area contributed by atoms with Gasteiger partial charge in [0.2, 0.25) is 10.0 Å². The van der Waals surface area contributed by atoms with Gasteiger partial charge in [0.25, 0.3) is 0 Å². The third-order valence-electron chi connectivity index (χ3n) is 2.55. The molecule has 0 bridgehead atoms. The van der Waals surface area contributed by atoms with Crippen molar-refractivity contribution in [1.29, 1.82) is 0 Å². The highest BCUT2D eigenvalue weighted by Gasteiger charge is 2.39. The SMILES string of the molecule is CC(C(=O)O)S(=O)(=O)N1CCSC(C)(C)C1. The van der Waals surface area contributed by atoms with Crippen molar-refractivity contribution in [2.45, 2.75) is 30.8 Å². The standard InChI is InChI=1S/C9H17NO4S2/c1-7(8(11)12)16(13,14)10-4-5-15-9(2,3)6-10/h7H,4-6H2,1-3H3,(H,11,12). The van der Waals surface area contributed by atoms with Gasteiger partial charge in [-0.05, 0) is 20.8 Å². The van der Waals surface area contributed by atoms with Gasteiger partial charge in [-0.3, -0.25) is 4.79 Å². The van der Waals surface area contributed by atoms with Gasteiger partial charge >= 0.3 is 5.97 Å². The highest BCUT2D eigenvalue weighted by Crippen LogP contribution is 2.31. The van der Waals surface area contributed by atoms with Gasteiger partial charge in [0.1, 0.15) is 0 Å². The molecule has 1 saturated heterocycles. The van der Waals surface area contributed by atoms with Crippen molar-refractivity contribution in [2.75, 3.05) is 18.8 Å². The number of carboxylic acid groups (broad SMARTS) is 1. The minimum Gasteiger partial charge on any atom is -0.480 e. The fourth-order valence-electron chi connectivity index (χ4n) is 1.54. The summed E-state index contributed by atoms with van der Waals surface area (Å²) in [6.45, 7) is 5.91. The second-order valence-electron chi connectivity index (χ2n) is 4.47. The normalized spacial score (nSPS) is 23.9. The lowest BCUT2D eigenvalue weighted by molar-refractivity contribution is -0.136. The van der Waals surface area contributed by atoms with Crippen LogP contribution in [0.2, 0.25) is 0 Å². The first-order valence-corrected chi connectivity index (χ1v) is 7.51. The van der Waals surface area contributed by atoms with Crippen LogP contribution in [0.15, 0.2) is 0 Å². The van der Waals surface area contributed by atoms with E-state index in [1.807, 2.05) is 13.8 Å². The summed E-state index contributed by atoms with van der Waals surface area (Å²) in [7, 11) is -3.71. The van der Waals surface area contributed by atoms with E-state index in [9.17, 15) is 13.2 Å². The fourth-order valence-corrected chi connectivity index (χ4v) is 4.40. The van der Waals surface area contributed by atoms with Gasteiger partial charge in [-0.15, -0.1) is 0 Å². The Balaban J connectivity index is 2.88. The Hall–Kier alpha value is -0.270. The Morgan fingerprint density at radius 3 is 2.50 bits per heavy atom. The number of nitrogens with zero attached hydrogens (tertiary/aromatic N) is 1. The Morgan fingerprint density at radius 1 is 1.50 bits per heavy atom. The van der Waals surface area contributed by atoms with Crippen LogP contribution in [-0.4, -0.2) is 52.6 Å². The Morgan fingerprint density at radius 2 is 2.06 bits per heavy atom. The second-order valence-corrected chi connectivity index (χ2v) is 8.52. The molecule has 16 heavy (non-hydrogen) atoms. The van der Waals surface area contributed by atoms with Crippen LogP contribution < -0.4 is 0 Å². The van der Waals surface area contributed by atoms with E-state index in [0.29, 0.717) is 18.8 Å². The molecule has 0 saturated carbocycles. The predicted octanol–water partition coefficient (Wildman–Crippen LogP) is 0.617. The molecule has 1 unspecified atom stereocenters. The molecule has 1 rings (SSSR count). The van der Waals surface area contributed by atoms with Gasteiger partial charge in [-0.25, -0.2) is 8.42 Å². The molecule has 0 aromatic heterocycles. The summed E-state index contributed by atoms with van der Waals surface area (Å²) in [6, 6.07) is 0. The van der Waals surface area contributed by atoms with Gasteiger partial charge < -0.3 is 5.11 Å². The molecule has 0 amide bonds. The molecule has 0 spiro atoms. The van der Waals surface area contributed by atoms with Crippen LogP contribution in [0.4, 0.5) is 0 Å². The van der Waals surface area contributed by atoms with Gasteiger partial charge in [-0.2, -0.15) is 16.1 Å². The van der Waals surface area contributed by atoms with Gasteiger partial charge in [0.05, 0.1) is 0 Å². The van der Waals surface area contributed by atoms with Crippen LogP contribution in [0.25, 0.3) is 0 Å². The first kappa shape index (κ1) is 13.8. The molecule has 1 atom stereocenters. The molecule has 1 fully saturated rings. The van der Waals surface area contributed by atoms with Gasteiger partial charge in [0.15, 0.2) is 5.25 Å². The molecule has 0 aromatic carbocycles. The lowest BCUT2D eigenvalue weighted by atomic mass is 10.2. The zero-order valence-electron chi connectivity index (χ0n) is 9.63. The maximum atomic E-state index is 12.0. The minimum atomic E-state index is -3.71. The van der Waals surface area contributed by atoms with Crippen molar-refractivity contribution in [3.63, 3.8) is 0 Å². The third kappa shape index (κ3) is 2.89. The molecular weight excluding hydrogens is 250 g/mol. The summed E-state index contributed by atoms with van der Waals surface area (Å²) in [4.78, 5) is 10.7. The van der Waals surface area contributed by atoms with E-state index < -0.39 is 21.2 Å². The molecular formula is C9H17NO4S2. The quantitative estimate of drug-likeness (QED) is 0.811. The molecule has 5 nitrogen and oxygen atoms in total. The van der Waals surface area contributed by atoms with Crippen LogP contribution in [0.5, 0.6) is 0 Å². The topological polar surface area (TPSA) is 74.7 Å². The zero-order chi connectivity index (χ0) is 12.6. The number of hydrogen-bond donors (Lipinski definition) is 1. The molecule has 94 valence electrons. The van der Waals surface area contributed by atoms with E-state index in [0.717, 1.165) is 0 Å². The summed E-state index contributed by atoms with van der Waals surface area (Å²) in [5.74, 6) is -0.588. The van der Waals surface area contributed by atoms with Crippen molar-refractivity contribution in [1.82, 2.24) is 4.31 Å². The second kappa shape index (κ2) is 4.54. The molecule has 1 aliphatic heterocycles. The minimum absolute atomic E-state index is 0.149. The number of aliphatic carboxylic acids is 1. The molecule has 1 heterocycles. The van der Waals surface area contributed by atoms with Crippen molar-refractivity contribution >= 4 is 27.8 Å². The Bertz CT molecular complexity index is 377. The number of hydrogen-bond acceptors (Lipinski definition) is 4. The number of sulfonamides is 1. The number of carboxylic acids is 1. The Labute approximate surface area is 100 Å². The van der Waals surface area contributed by atoms with E-state index in [-0.39, 0.29) is 4.75 Å². The number of carbonyl (C=O) groups is 1. The van der Waals surface area contributed by atoms with E-state index >= 15 is 0 Å². The highest BCUT2D eigenvalue weighted by molar-refractivity contribution is 8.00. The van der Waals surface area contributed by atoms with Crippen LogP contribution >= 0.6 is 11.8 Å². The Kier molecular flexibility index (Phi) is 3.91. The highest BCUT2D eigenvalue weighted by atomic mass is 32.2. The van der Waals surface area contributed by atoms with Crippen molar-refractivity contribution in [3.05, 3.63) is 0 Å². The third-order valence-corrected chi connectivity index (χ3v) is 5.97. The van der Waals surface area contributed by atoms with Crippen molar-refractivity contribution in [2.24, 2.45) is 0 Å². The number of thioether (sulfide) groups is 1. The van der Waals surface area contributed by atoms with Crippen molar-refractivity contribution < 1.29 is 18.3 Å². The molecule has 0 radical (unpaired) electrons. The lowest BCUT2D eigenvalue weighted by Gasteiger charge is -2.37. The van der Waals surface area contributed by atoms with Gasteiger partial charge in [-0.1, -0.05) is 0 Å². The van der Waals surface area contributed by atoms with Crippen LogP contribution in [0, 0.1) is 0 Å². The average Bonchev–Trinajstić information content (AvgIpc) is 2.14. The summed E-state index contributed by atoms with van der Waals surface area (Å²) in [5.41, 5.74) is 0. The van der Waals surface area contributed by atoms with Crippen LogP contribution in [0.3, 0.4) is 0 Å². The van der Waals surface area contributed by atoms with E-state index in [1.165, 1.54) is 11.2 Å². The lowest BCUT2D eigenvalue weighted by Crippen LogP contribution is -2.50. The summed E-state index contributed by atoms with van der Waals surface area (Å²) < 4.78 is 25.0. The number of rotatable bonds is 3. The summed E-state index contributed by atoms with van der Waals surface area (Å²) >= 11 is 1.71. The van der Waals surface area contributed by atoms with Gasteiger partial charge in [0, 0.05) is 23.6 Å². The predicted molar refractivity (Wildman–Crippen MR) is 64.1 cm³/mol. The van der Waals surface area contributed by atoms with E-state index in [4.69, 9.17) is 5.11 Å². The molecule has 0 aliphatic carbocycles. The average molecular weight is 267 g/mol. The molecule has 0 aromatic rings. The largest absolute Gasteiger partial charge is 0.480 e. The smallest absolute Gasteiger partial charge is 0.323 e. The first-order valence-electron chi connectivity index (χ1n) is 5.02. The van der Waals surface area contributed by atoms with Crippen LogP contribution in [-0.2, 0) is 14.8 Å². The zero-order valence-corrected chi connectivity index (χ0v) is 11.3. The molecule has 1 N–H and O–H groups in total.